The van der Waals surface area contributed by atoms with E-state index in [1.54, 1.807) is 31.5 Å². The molecule has 1 aromatic carbocycles. The van der Waals surface area contributed by atoms with E-state index < -0.39 is 17.7 Å². The van der Waals surface area contributed by atoms with Crippen molar-refractivity contribution in [2.24, 2.45) is 0 Å². The maximum absolute atomic E-state index is 12.8. The third kappa shape index (κ3) is 2.36. The van der Waals surface area contributed by atoms with Gasteiger partial charge in [0.15, 0.2) is 11.5 Å². The maximum Gasteiger partial charge on any atom is 0.296 e. The fourth-order valence-electron chi connectivity index (χ4n) is 3.21. The van der Waals surface area contributed by atoms with Gasteiger partial charge in [0.05, 0.1) is 22.6 Å². The van der Waals surface area contributed by atoms with Crippen LogP contribution in [0.2, 0.25) is 0 Å². The smallest absolute Gasteiger partial charge is 0.296 e. The van der Waals surface area contributed by atoms with Gasteiger partial charge in [-0.3, -0.25) is 19.5 Å². The van der Waals surface area contributed by atoms with E-state index in [-0.39, 0.29) is 23.7 Å². The molecule has 0 spiro atoms. The van der Waals surface area contributed by atoms with Gasteiger partial charge in [-0.1, -0.05) is 25.1 Å². The summed E-state index contributed by atoms with van der Waals surface area (Å²) in [6.45, 7) is 1.69. The predicted molar refractivity (Wildman–Crippen MR) is 95.5 cm³/mol. The quantitative estimate of drug-likeness (QED) is 0.755. The van der Waals surface area contributed by atoms with Crippen LogP contribution in [0.1, 0.15) is 24.9 Å². The molecule has 7 nitrogen and oxygen atoms in total. The number of carbonyl (C=O) groups excluding carboxylic acids is 2. The zero-order chi connectivity index (χ0) is 18.3. The number of rotatable bonds is 4. The lowest BCUT2D eigenvalue weighted by molar-refractivity contribution is -0.118. The third-order valence-corrected chi connectivity index (χ3v) is 4.43. The summed E-state index contributed by atoms with van der Waals surface area (Å²) in [7, 11) is 0. The van der Waals surface area contributed by atoms with Gasteiger partial charge in [-0.05, 0) is 23.8 Å². The number of aromatic nitrogens is 3. The molecular weight excluding hydrogens is 332 g/mol. The molecule has 4 rings (SSSR count). The number of fused-ring (bicyclic) bond motifs is 1. The Morgan fingerprint density at radius 1 is 1.27 bits per heavy atom. The number of nitrogens with one attached hydrogen (secondary N) is 1. The summed E-state index contributed by atoms with van der Waals surface area (Å²) >= 11 is 0. The van der Waals surface area contributed by atoms with Crippen LogP contribution in [-0.4, -0.2) is 31.7 Å². The number of para-hydroxylation sites is 2. The Kier molecular flexibility index (Phi) is 3.76. The summed E-state index contributed by atoms with van der Waals surface area (Å²) in [6.07, 6.45) is 3.36. The van der Waals surface area contributed by atoms with Crippen LogP contribution in [0.25, 0.3) is 11.0 Å². The molecule has 2 aromatic heterocycles. The van der Waals surface area contributed by atoms with Crippen molar-refractivity contribution < 1.29 is 14.7 Å². The molecule has 26 heavy (non-hydrogen) atoms. The average Bonchev–Trinajstić information content (AvgIpc) is 3.21. The lowest BCUT2D eigenvalue weighted by Gasteiger charge is -2.24. The summed E-state index contributed by atoms with van der Waals surface area (Å²) in [4.78, 5) is 38.2. The lowest BCUT2D eigenvalue weighted by atomic mass is 9.96. The standard InChI is InChI=1S/C19H16N4O3/c1-2-14(24)15-16(11-6-5-9-20-10-11)23(18(26)17(15)25)19-21-12-7-3-4-8-13(12)22-19/h3-10,16,25H,2H2,1H3,(H,21,22). The predicted octanol–water partition coefficient (Wildman–Crippen LogP) is 2.84. The second-order valence-electron chi connectivity index (χ2n) is 5.98. The van der Waals surface area contributed by atoms with E-state index in [0.717, 1.165) is 5.52 Å². The van der Waals surface area contributed by atoms with E-state index >= 15 is 0 Å². The number of benzene rings is 1. The minimum absolute atomic E-state index is 0.0750. The molecule has 3 aromatic rings. The number of anilines is 1. The number of pyridine rings is 1. The summed E-state index contributed by atoms with van der Waals surface area (Å²) in [6, 6.07) is 10.1. The molecular formula is C19H16N4O3. The van der Waals surface area contributed by atoms with Crippen LogP contribution >= 0.6 is 0 Å². The average molecular weight is 348 g/mol. The monoisotopic (exact) mass is 348 g/mol. The highest BCUT2D eigenvalue weighted by atomic mass is 16.3. The number of carbonyl (C=O) groups is 2. The first-order valence-corrected chi connectivity index (χ1v) is 8.26. The number of aromatic amines is 1. The lowest BCUT2D eigenvalue weighted by Crippen LogP contribution is -2.32. The van der Waals surface area contributed by atoms with Gasteiger partial charge in [-0.2, -0.15) is 0 Å². The summed E-state index contributed by atoms with van der Waals surface area (Å²) in [5, 5.41) is 10.4. The largest absolute Gasteiger partial charge is 0.503 e. The first-order valence-electron chi connectivity index (χ1n) is 8.26. The molecule has 2 N–H and O–H groups in total. The number of aliphatic hydroxyl groups excluding tert-OH is 1. The fourth-order valence-corrected chi connectivity index (χ4v) is 3.21. The summed E-state index contributed by atoms with van der Waals surface area (Å²) in [5.41, 5.74) is 2.15. The fraction of sp³-hybridized carbons (Fsp3) is 0.158. The normalized spacial score (nSPS) is 17.3. The molecule has 1 unspecified atom stereocenters. The number of hydrogen-bond donors (Lipinski definition) is 2. The van der Waals surface area contributed by atoms with E-state index in [4.69, 9.17) is 0 Å². The van der Waals surface area contributed by atoms with Gasteiger partial charge in [-0.25, -0.2) is 4.98 Å². The first-order chi connectivity index (χ1) is 12.6. The second kappa shape index (κ2) is 6.11. The van der Waals surface area contributed by atoms with Gasteiger partial charge in [0, 0.05) is 18.8 Å². The van der Waals surface area contributed by atoms with E-state index in [0.29, 0.717) is 11.1 Å². The number of H-pyrrole nitrogens is 1. The van der Waals surface area contributed by atoms with E-state index in [9.17, 15) is 14.7 Å². The van der Waals surface area contributed by atoms with Crippen molar-refractivity contribution in [1.29, 1.82) is 0 Å². The molecule has 0 saturated carbocycles. The Balaban J connectivity index is 1.90. The topological polar surface area (TPSA) is 99.2 Å². The van der Waals surface area contributed by atoms with Gasteiger partial charge in [0.2, 0.25) is 5.95 Å². The van der Waals surface area contributed by atoms with Crippen molar-refractivity contribution in [3.63, 3.8) is 0 Å². The Morgan fingerprint density at radius 2 is 2.08 bits per heavy atom. The van der Waals surface area contributed by atoms with Crippen LogP contribution in [0.5, 0.6) is 0 Å². The Bertz CT molecular complexity index is 1010. The van der Waals surface area contributed by atoms with Crippen LogP contribution in [-0.2, 0) is 9.59 Å². The van der Waals surface area contributed by atoms with Crippen LogP contribution in [0.15, 0.2) is 60.1 Å². The maximum atomic E-state index is 12.8. The number of amides is 1. The van der Waals surface area contributed by atoms with Crippen LogP contribution in [0.3, 0.4) is 0 Å². The molecule has 0 bridgehead atoms. The molecule has 0 aliphatic carbocycles. The Labute approximate surface area is 149 Å². The minimum Gasteiger partial charge on any atom is -0.503 e. The van der Waals surface area contributed by atoms with Crippen molar-refractivity contribution in [2.75, 3.05) is 4.90 Å². The number of hydrogen-bond acceptors (Lipinski definition) is 5. The van der Waals surface area contributed by atoms with E-state index in [1.165, 1.54) is 4.90 Å². The van der Waals surface area contributed by atoms with Crippen molar-refractivity contribution >= 4 is 28.7 Å². The van der Waals surface area contributed by atoms with Crippen LogP contribution in [0, 0.1) is 0 Å². The second-order valence-corrected chi connectivity index (χ2v) is 5.98. The van der Waals surface area contributed by atoms with Crippen molar-refractivity contribution in [2.45, 2.75) is 19.4 Å². The highest BCUT2D eigenvalue weighted by Crippen LogP contribution is 2.40. The number of ketones is 1. The van der Waals surface area contributed by atoms with Crippen LogP contribution < -0.4 is 4.90 Å². The Morgan fingerprint density at radius 3 is 2.77 bits per heavy atom. The molecule has 1 atom stereocenters. The van der Waals surface area contributed by atoms with E-state index in [2.05, 4.69) is 15.0 Å². The molecule has 130 valence electrons. The molecule has 0 saturated heterocycles. The van der Waals surface area contributed by atoms with Gasteiger partial charge in [0.25, 0.3) is 5.91 Å². The number of aliphatic hydroxyl groups is 1. The molecule has 1 amide bonds. The van der Waals surface area contributed by atoms with Crippen LogP contribution in [0.4, 0.5) is 5.95 Å². The summed E-state index contributed by atoms with van der Waals surface area (Å²) < 4.78 is 0. The molecule has 1 aliphatic heterocycles. The molecule has 3 heterocycles. The minimum atomic E-state index is -0.774. The molecule has 0 fully saturated rings. The van der Waals surface area contributed by atoms with Gasteiger partial charge in [0.1, 0.15) is 0 Å². The van der Waals surface area contributed by atoms with Gasteiger partial charge >= 0.3 is 0 Å². The van der Waals surface area contributed by atoms with E-state index in [1.807, 2.05) is 24.3 Å². The third-order valence-electron chi connectivity index (χ3n) is 4.43. The van der Waals surface area contributed by atoms with Gasteiger partial charge in [-0.15, -0.1) is 0 Å². The van der Waals surface area contributed by atoms with Crippen molar-refractivity contribution in [3.8, 4) is 0 Å². The SMILES string of the molecule is CCC(=O)C1=C(O)C(=O)N(c2nc3ccccc3[nH]2)C1c1cccnc1. The molecule has 0 radical (unpaired) electrons. The zero-order valence-electron chi connectivity index (χ0n) is 14.0. The van der Waals surface area contributed by atoms with Crippen molar-refractivity contribution in [3.05, 3.63) is 65.7 Å². The zero-order valence-corrected chi connectivity index (χ0v) is 14.0. The number of imidazole rings is 1. The van der Waals surface area contributed by atoms with Gasteiger partial charge < -0.3 is 10.1 Å². The highest BCUT2D eigenvalue weighted by molar-refractivity contribution is 6.16. The molecule has 7 heteroatoms. The highest BCUT2D eigenvalue weighted by Gasteiger charge is 2.45. The molecule has 1 aliphatic rings. The first kappa shape index (κ1) is 16.0. The number of nitrogens with zero attached hydrogens (tertiary/aromatic N) is 3. The van der Waals surface area contributed by atoms with Crippen molar-refractivity contribution in [1.82, 2.24) is 15.0 Å². The Hall–Kier alpha value is -3.48. The number of Topliss-reactive ketones (excluding diaryl/α,β-unsaturated/α-hetero) is 1. The summed E-state index contributed by atoms with van der Waals surface area (Å²) in [5.74, 6) is -1.21.